The number of aromatic nitrogens is 2. The fraction of sp³-hybridized carbons (Fsp3) is 0.472. The highest BCUT2D eigenvalue weighted by Gasteiger charge is 2.44. The lowest BCUT2D eigenvalue weighted by molar-refractivity contribution is -0.138. The van der Waals surface area contributed by atoms with Gasteiger partial charge in [-0.3, -0.25) is 9.59 Å². The van der Waals surface area contributed by atoms with Crippen molar-refractivity contribution >= 4 is 23.5 Å². The second kappa shape index (κ2) is 14.4. The van der Waals surface area contributed by atoms with Crippen LogP contribution in [0.2, 0.25) is 0 Å². The number of nitrogens with zero attached hydrogens (tertiary/aromatic N) is 1. The Balaban J connectivity index is 1.38. The second-order valence-corrected chi connectivity index (χ2v) is 12.7. The molecule has 0 bridgehead atoms. The summed E-state index contributed by atoms with van der Waals surface area (Å²) in [5.74, 6) is -0.362. The van der Waals surface area contributed by atoms with Gasteiger partial charge >= 0.3 is 0 Å². The molecule has 3 aromatic rings. The van der Waals surface area contributed by atoms with Crippen molar-refractivity contribution in [2.75, 3.05) is 19.5 Å². The number of phenols is 1. The van der Waals surface area contributed by atoms with Gasteiger partial charge in [-0.15, -0.1) is 0 Å². The van der Waals surface area contributed by atoms with Crippen LogP contribution in [0.5, 0.6) is 11.5 Å². The third-order valence-electron chi connectivity index (χ3n) is 9.72. The molecule has 2 aliphatic rings. The maximum Gasteiger partial charge on any atom is 0.170 e. The van der Waals surface area contributed by atoms with Crippen molar-refractivity contribution in [3.8, 4) is 11.5 Å². The van der Waals surface area contributed by atoms with Crippen LogP contribution in [0.3, 0.4) is 0 Å². The number of hydrogen-bond donors (Lipinski definition) is 5. The minimum absolute atomic E-state index is 0.0471. The van der Waals surface area contributed by atoms with E-state index in [1.807, 2.05) is 42.6 Å². The summed E-state index contributed by atoms with van der Waals surface area (Å²) in [6.45, 7) is -0.228. The number of aryl methyl sites for hydroxylation is 1. The van der Waals surface area contributed by atoms with Gasteiger partial charge in [0.1, 0.15) is 5.82 Å². The van der Waals surface area contributed by atoms with E-state index in [-0.39, 0.29) is 37.4 Å². The number of carbonyl (C=O) groups is 2. The van der Waals surface area contributed by atoms with Crippen molar-refractivity contribution < 1.29 is 29.6 Å². The van der Waals surface area contributed by atoms with Gasteiger partial charge < -0.3 is 30.8 Å². The van der Waals surface area contributed by atoms with Crippen LogP contribution in [-0.2, 0) is 22.4 Å². The maximum absolute atomic E-state index is 12.9. The lowest BCUT2D eigenvalue weighted by atomic mass is 9.63. The van der Waals surface area contributed by atoms with Gasteiger partial charge in [0.2, 0.25) is 0 Å². The number of nitrogens with one attached hydrogen (secondary N) is 1. The third-order valence-corrected chi connectivity index (χ3v) is 9.72. The lowest BCUT2D eigenvalue weighted by Gasteiger charge is -2.41. The van der Waals surface area contributed by atoms with Gasteiger partial charge in [-0.2, -0.15) is 0 Å². The number of H-pyrrole nitrogens is 1. The number of aliphatic hydroxyl groups is 2. The summed E-state index contributed by atoms with van der Waals surface area (Å²) in [6, 6.07) is 9.16. The number of pyridine rings is 1. The zero-order chi connectivity index (χ0) is 32.0. The number of aromatic hydroxyl groups is 1. The summed E-state index contributed by atoms with van der Waals surface area (Å²) < 4.78 is 5.56. The zero-order valence-electron chi connectivity index (χ0n) is 26.0. The van der Waals surface area contributed by atoms with E-state index in [4.69, 9.17) is 10.5 Å². The molecule has 1 aromatic carbocycles. The Hall–Kier alpha value is -3.95. The number of hydrogen-bond acceptors (Lipinski definition) is 8. The number of aromatic amines is 1. The second-order valence-electron chi connectivity index (χ2n) is 12.7. The number of ether oxygens (including phenoxy) is 1. The summed E-state index contributed by atoms with van der Waals surface area (Å²) in [5.41, 5.74) is 9.02. The molecule has 2 heterocycles. The van der Waals surface area contributed by atoms with E-state index in [1.54, 1.807) is 12.3 Å². The maximum atomic E-state index is 12.9. The summed E-state index contributed by atoms with van der Waals surface area (Å²) in [5, 5.41) is 33.0. The van der Waals surface area contributed by atoms with Gasteiger partial charge in [-0.05, 0) is 60.6 Å². The van der Waals surface area contributed by atoms with E-state index < -0.39 is 29.0 Å². The summed E-state index contributed by atoms with van der Waals surface area (Å²) in [7, 11) is 1.46. The molecule has 6 N–H and O–H groups in total. The van der Waals surface area contributed by atoms with Crippen LogP contribution in [0.1, 0.15) is 91.7 Å². The molecule has 3 atom stereocenters. The molecule has 0 saturated heterocycles. The largest absolute Gasteiger partial charge is 0.504 e. The number of nitrogens with two attached hydrogens (primary N) is 1. The van der Waals surface area contributed by atoms with Crippen molar-refractivity contribution in [2.24, 2.45) is 11.3 Å². The van der Waals surface area contributed by atoms with Gasteiger partial charge in [-0.1, -0.05) is 56.7 Å². The molecule has 2 aromatic heterocycles. The normalized spacial score (nSPS) is 20.5. The number of aliphatic hydroxyl groups excluding tert-OH is 2. The number of fused-ring (bicyclic) bond motifs is 1. The average molecular weight is 616 g/mol. The molecule has 1 saturated carbocycles. The quantitative estimate of drug-likeness (QED) is 0.154. The lowest BCUT2D eigenvalue weighted by Crippen LogP contribution is -2.36. The molecule has 1 fully saturated rings. The van der Waals surface area contributed by atoms with E-state index in [0.717, 1.165) is 17.7 Å². The molecule has 0 spiro atoms. The van der Waals surface area contributed by atoms with Crippen molar-refractivity contribution in [3.63, 3.8) is 0 Å². The predicted molar refractivity (Wildman–Crippen MR) is 173 cm³/mol. The molecule has 0 amide bonds. The van der Waals surface area contributed by atoms with Gasteiger partial charge in [0.15, 0.2) is 29.2 Å². The van der Waals surface area contributed by atoms with Crippen LogP contribution in [0.4, 0.5) is 5.82 Å². The average Bonchev–Trinajstić information content (AvgIpc) is 3.57. The predicted octanol–water partition coefficient (Wildman–Crippen LogP) is 5.27. The molecule has 9 nitrogen and oxygen atoms in total. The SMILES string of the molecule is COc1cc(CCC(=O)[C@H](O)C(=O)CCCC2CCCCC2)cc([C@@H]2c3ccnc(N)c3C=C[C@@]2(CO)Cc2ccc[nH]2)c1O. The number of carbonyl (C=O) groups excluding carboxylic acids is 2. The highest BCUT2D eigenvalue weighted by molar-refractivity contribution is 6.05. The van der Waals surface area contributed by atoms with Crippen molar-refractivity contribution in [2.45, 2.75) is 82.7 Å². The Bertz CT molecular complexity index is 1510. The molecule has 0 unspecified atom stereocenters. The molecule has 0 radical (unpaired) electrons. The number of phenolic OH excluding ortho intramolecular Hbond substituents is 1. The first-order valence-electron chi connectivity index (χ1n) is 16.1. The molecule has 45 heavy (non-hydrogen) atoms. The number of rotatable bonds is 14. The van der Waals surface area contributed by atoms with E-state index in [9.17, 15) is 24.9 Å². The minimum Gasteiger partial charge on any atom is -0.504 e. The van der Waals surface area contributed by atoms with Gasteiger partial charge in [0.25, 0.3) is 0 Å². The highest BCUT2D eigenvalue weighted by Crippen LogP contribution is 2.53. The molecule has 2 aliphatic carbocycles. The van der Waals surface area contributed by atoms with E-state index >= 15 is 0 Å². The molecular weight excluding hydrogens is 570 g/mol. The van der Waals surface area contributed by atoms with E-state index in [1.165, 1.54) is 39.2 Å². The van der Waals surface area contributed by atoms with Gasteiger partial charge in [-0.25, -0.2) is 4.98 Å². The smallest absolute Gasteiger partial charge is 0.170 e. The fourth-order valence-corrected chi connectivity index (χ4v) is 7.23. The number of Topliss-reactive ketones (excluding diaryl/α,β-unsaturated/α-hetero) is 2. The van der Waals surface area contributed by atoms with Crippen LogP contribution in [0, 0.1) is 11.3 Å². The topological polar surface area (TPSA) is 159 Å². The first-order valence-corrected chi connectivity index (χ1v) is 16.1. The molecule has 0 aliphatic heterocycles. The monoisotopic (exact) mass is 615 g/mol. The Kier molecular flexibility index (Phi) is 10.4. The van der Waals surface area contributed by atoms with Crippen LogP contribution < -0.4 is 10.5 Å². The van der Waals surface area contributed by atoms with E-state index in [0.29, 0.717) is 41.3 Å². The van der Waals surface area contributed by atoms with Gasteiger partial charge in [0, 0.05) is 53.4 Å². The fourth-order valence-electron chi connectivity index (χ4n) is 7.23. The van der Waals surface area contributed by atoms with Crippen LogP contribution >= 0.6 is 0 Å². The molecule has 240 valence electrons. The number of methoxy groups -OCH3 is 1. The molecule has 9 heteroatoms. The Morgan fingerprint density at radius 2 is 1.91 bits per heavy atom. The number of ketones is 2. The summed E-state index contributed by atoms with van der Waals surface area (Å²) in [6.07, 6.45) is 14.3. The minimum atomic E-state index is -1.64. The number of benzene rings is 1. The number of nitrogen functional groups attached to an aromatic ring is 1. The molecular formula is C36H45N3O6. The summed E-state index contributed by atoms with van der Waals surface area (Å²) in [4.78, 5) is 33.1. The van der Waals surface area contributed by atoms with Crippen LogP contribution in [-0.4, -0.2) is 56.7 Å². The first kappa shape index (κ1) is 32.4. The van der Waals surface area contributed by atoms with Crippen molar-refractivity contribution in [1.82, 2.24) is 9.97 Å². The standard InChI is InChI=1S/C36H45N3O6/c1-45-31-20-24(12-13-30(42)34(44)29(41)11-5-9-23-7-3-2-4-8-23)19-28(33(31)43)32-26-15-18-39-35(37)27(26)14-16-36(32,22-40)21-25-10-6-17-38-25/h6,10,14-20,23,32,34,38,40,43-44H,2-5,7-9,11-13,21-22H2,1H3,(H2,37,39)/t32-,34+,36-/m0/s1. The van der Waals surface area contributed by atoms with Gasteiger partial charge in [0.05, 0.1) is 13.7 Å². The van der Waals surface area contributed by atoms with Crippen molar-refractivity contribution in [3.05, 3.63) is 76.7 Å². The summed E-state index contributed by atoms with van der Waals surface area (Å²) >= 11 is 0. The molecule has 5 rings (SSSR count). The van der Waals surface area contributed by atoms with Crippen LogP contribution in [0.25, 0.3) is 6.08 Å². The first-order chi connectivity index (χ1) is 21.8. The van der Waals surface area contributed by atoms with Crippen LogP contribution in [0.15, 0.2) is 48.8 Å². The Morgan fingerprint density at radius 1 is 1.13 bits per heavy atom. The third kappa shape index (κ3) is 7.15. The Labute approximate surface area is 264 Å². The van der Waals surface area contributed by atoms with Crippen molar-refractivity contribution in [1.29, 1.82) is 0 Å². The highest BCUT2D eigenvalue weighted by atomic mass is 16.5. The zero-order valence-corrected chi connectivity index (χ0v) is 26.0. The Morgan fingerprint density at radius 3 is 2.62 bits per heavy atom. The number of anilines is 1. The van der Waals surface area contributed by atoms with E-state index in [2.05, 4.69) is 9.97 Å².